The average molecular weight is 446 g/mol. The number of ether oxygens (including phenoxy) is 1. The summed E-state index contributed by atoms with van der Waals surface area (Å²) in [5.41, 5.74) is 8.05. The molecule has 3 N–H and O–H groups in total. The van der Waals surface area contributed by atoms with Crippen LogP contribution < -0.4 is 11.1 Å². The van der Waals surface area contributed by atoms with E-state index in [-0.39, 0.29) is 24.0 Å². The number of hydrogen-bond donors (Lipinski definition) is 2. The van der Waals surface area contributed by atoms with Gasteiger partial charge in [0.2, 0.25) is 0 Å². The Morgan fingerprint density at radius 2 is 2.00 bits per heavy atom. The summed E-state index contributed by atoms with van der Waals surface area (Å²) in [4.78, 5) is 6.88. The molecule has 1 aliphatic carbocycles. The van der Waals surface area contributed by atoms with E-state index in [1.165, 1.54) is 32.1 Å². The van der Waals surface area contributed by atoms with Crippen LogP contribution in [0, 0.1) is 0 Å². The number of rotatable bonds is 7. The van der Waals surface area contributed by atoms with E-state index >= 15 is 0 Å². The molecule has 1 fully saturated rings. The molecule has 0 heterocycles. The maximum absolute atomic E-state index is 6.02. The zero-order valence-electron chi connectivity index (χ0n) is 14.8. The summed E-state index contributed by atoms with van der Waals surface area (Å²) in [6.07, 6.45) is 6.74. The second kappa shape index (κ2) is 11.7. The van der Waals surface area contributed by atoms with Crippen LogP contribution in [-0.2, 0) is 11.3 Å². The van der Waals surface area contributed by atoms with Crippen molar-refractivity contribution < 1.29 is 4.74 Å². The maximum atomic E-state index is 6.02. The number of hydrogen-bond acceptors (Lipinski definition) is 3. The first-order valence-electron chi connectivity index (χ1n) is 8.54. The summed E-state index contributed by atoms with van der Waals surface area (Å²) in [5, 5.41) is 3.18. The summed E-state index contributed by atoms with van der Waals surface area (Å²) in [6, 6.07) is 8.70. The fraction of sp³-hybridized carbons (Fsp3) is 0.611. The van der Waals surface area contributed by atoms with E-state index in [4.69, 9.17) is 10.5 Å². The summed E-state index contributed by atoms with van der Waals surface area (Å²) >= 11 is 0. The first-order chi connectivity index (χ1) is 11.2. The zero-order valence-corrected chi connectivity index (χ0v) is 17.2. The van der Waals surface area contributed by atoms with Crippen molar-refractivity contribution in [1.82, 2.24) is 4.90 Å². The molecule has 136 valence electrons. The van der Waals surface area contributed by atoms with Crippen LogP contribution in [0.1, 0.15) is 37.7 Å². The molecule has 0 spiro atoms. The van der Waals surface area contributed by atoms with E-state index < -0.39 is 0 Å². The van der Waals surface area contributed by atoms with Crippen LogP contribution in [0.2, 0.25) is 0 Å². The highest BCUT2D eigenvalue weighted by Gasteiger charge is 2.17. The van der Waals surface area contributed by atoms with Gasteiger partial charge in [-0.15, -0.1) is 24.0 Å². The molecule has 0 bridgehead atoms. The normalized spacial score (nSPS) is 16.0. The number of nitrogens with one attached hydrogen (secondary N) is 1. The molecule has 0 unspecified atom stereocenters. The standard InChI is InChI=1S/C18H30N4O.HI/c1-22(16-9-4-3-5-10-16)13-12-20-18(19)21-17-11-7-6-8-15(17)14-23-2;/h6-8,11,16H,3-5,9-10,12-14H2,1-2H3,(H3,19,20,21);1H. The van der Waals surface area contributed by atoms with Crippen LogP contribution in [0.25, 0.3) is 0 Å². The number of nitrogens with two attached hydrogens (primary N) is 1. The number of nitrogens with zero attached hydrogens (tertiary/aromatic N) is 2. The molecule has 0 aromatic heterocycles. The molecule has 1 aromatic carbocycles. The molecule has 2 rings (SSSR count). The van der Waals surface area contributed by atoms with E-state index in [1.807, 2.05) is 24.3 Å². The van der Waals surface area contributed by atoms with Crippen molar-refractivity contribution in [2.24, 2.45) is 10.7 Å². The van der Waals surface area contributed by atoms with Gasteiger partial charge in [-0.25, -0.2) is 0 Å². The predicted octanol–water partition coefficient (Wildman–Crippen LogP) is 3.44. The molecular formula is C18H31IN4O. The third-order valence-corrected chi connectivity index (χ3v) is 4.51. The minimum Gasteiger partial charge on any atom is -0.380 e. The van der Waals surface area contributed by atoms with Crippen molar-refractivity contribution >= 4 is 35.6 Å². The Balaban J connectivity index is 0.00000288. The number of benzene rings is 1. The Kier molecular flexibility index (Phi) is 10.3. The van der Waals surface area contributed by atoms with E-state index in [9.17, 15) is 0 Å². The van der Waals surface area contributed by atoms with Gasteiger partial charge in [0.1, 0.15) is 0 Å². The van der Waals surface area contributed by atoms with Crippen molar-refractivity contribution in [3.8, 4) is 0 Å². The third kappa shape index (κ3) is 6.94. The van der Waals surface area contributed by atoms with E-state index in [2.05, 4.69) is 22.3 Å². The van der Waals surface area contributed by atoms with Crippen molar-refractivity contribution in [3.05, 3.63) is 29.8 Å². The molecule has 1 aromatic rings. The van der Waals surface area contributed by atoms with Gasteiger partial charge < -0.3 is 20.7 Å². The average Bonchev–Trinajstić information content (AvgIpc) is 2.57. The largest absolute Gasteiger partial charge is 0.380 e. The highest BCUT2D eigenvalue weighted by molar-refractivity contribution is 14.0. The van der Waals surface area contributed by atoms with Gasteiger partial charge in [0, 0.05) is 30.9 Å². The molecule has 0 radical (unpaired) electrons. The number of aliphatic imine (C=N–C) groups is 1. The Labute approximate surface area is 163 Å². The summed E-state index contributed by atoms with van der Waals surface area (Å²) < 4.78 is 5.20. The third-order valence-electron chi connectivity index (χ3n) is 4.51. The minimum atomic E-state index is 0. The molecule has 0 saturated heterocycles. The molecule has 0 aliphatic heterocycles. The van der Waals surface area contributed by atoms with E-state index in [0.717, 1.165) is 30.4 Å². The van der Waals surface area contributed by atoms with Gasteiger partial charge in [-0.2, -0.15) is 0 Å². The van der Waals surface area contributed by atoms with Crippen LogP contribution in [0.5, 0.6) is 0 Å². The van der Waals surface area contributed by atoms with Crippen LogP contribution in [0.4, 0.5) is 5.69 Å². The second-order valence-corrected chi connectivity index (χ2v) is 6.25. The maximum Gasteiger partial charge on any atom is 0.193 e. The summed E-state index contributed by atoms with van der Waals surface area (Å²) in [6.45, 7) is 2.23. The Bertz CT molecular complexity index is 504. The summed E-state index contributed by atoms with van der Waals surface area (Å²) in [5.74, 6) is 0.464. The van der Waals surface area contributed by atoms with Gasteiger partial charge >= 0.3 is 0 Å². The zero-order chi connectivity index (χ0) is 16.5. The lowest BCUT2D eigenvalue weighted by Crippen LogP contribution is -2.35. The molecular weight excluding hydrogens is 415 g/mol. The fourth-order valence-corrected chi connectivity index (χ4v) is 3.13. The summed E-state index contributed by atoms with van der Waals surface area (Å²) in [7, 11) is 3.89. The lowest BCUT2D eigenvalue weighted by atomic mass is 9.94. The molecule has 5 nitrogen and oxygen atoms in total. The predicted molar refractivity (Wildman–Crippen MR) is 112 cm³/mol. The minimum absolute atomic E-state index is 0. The molecule has 0 amide bonds. The van der Waals surface area contributed by atoms with E-state index in [0.29, 0.717) is 12.6 Å². The number of anilines is 1. The Morgan fingerprint density at radius 3 is 2.71 bits per heavy atom. The highest BCUT2D eigenvalue weighted by atomic mass is 127. The molecule has 1 aliphatic rings. The van der Waals surface area contributed by atoms with Gasteiger partial charge in [0.05, 0.1) is 13.2 Å². The van der Waals surface area contributed by atoms with Gasteiger partial charge in [0.15, 0.2) is 5.96 Å². The molecule has 6 heteroatoms. The van der Waals surface area contributed by atoms with Crippen molar-refractivity contribution in [2.45, 2.75) is 44.8 Å². The highest BCUT2D eigenvalue weighted by Crippen LogP contribution is 2.21. The van der Waals surface area contributed by atoms with Gasteiger partial charge in [0.25, 0.3) is 0 Å². The monoisotopic (exact) mass is 446 g/mol. The van der Waals surface area contributed by atoms with Crippen LogP contribution in [0.3, 0.4) is 0 Å². The first kappa shape index (κ1) is 21.2. The molecule has 24 heavy (non-hydrogen) atoms. The SMILES string of the molecule is COCc1ccccc1NC(N)=NCCN(C)C1CCCCC1.I. The number of methoxy groups -OCH3 is 1. The first-order valence-corrected chi connectivity index (χ1v) is 8.54. The van der Waals surface area contributed by atoms with Gasteiger partial charge in [-0.05, 0) is 26.0 Å². The Hall–Kier alpha value is -0.860. The lowest BCUT2D eigenvalue weighted by Gasteiger charge is -2.30. The fourth-order valence-electron chi connectivity index (χ4n) is 3.13. The van der Waals surface area contributed by atoms with Gasteiger partial charge in [-0.1, -0.05) is 37.5 Å². The molecule has 1 saturated carbocycles. The quantitative estimate of drug-likeness (QED) is 0.383. The van der Waals surface area contributed by atoms with Crippen LogP contribution >= 0.6 is 24.0 Å². The number of halogens is 1. The number of para-hydroxylation sites is 1. The number of guanidine groups is 1. The van der Waals surface area contributed by atoms with Crippen molar-refractivity contribution in [3.63, 3.8) is 0 Å². The van der Waals surface area contributed by atoms with Crippen molar-refractivity contribution in [1.29, 1.82) is 0 Å². The molecule has 0 atom stereocenters. The Morgan fingerprint density at radius 1 is 1.29 bits per heavy atom. The van der Waals surface area contributed by atoms with Crippen LogP contribution in [0.15, 0.2) is 29.3 Å². The number of likely N-dealkylation sites (N-methyl/N-ethyl adjacent to an activating group) is 1. The second-order valence-electron chi connectivity index (χ2n) is 6.25. The van der Waals surface area contributed by atoms with E-state index in [1.54, 1.807) is 7.11 Å². The van der Waals surface area contributed by atoms with Gasteiger partial charge in [-0.3, -0.25) is 4.99 Å². The topological polar surface area (TPSA) is 62.9 Å². The smallest absolute Gasteiger partial charge is 0.193 e. The van der Waals surface area contributed by atoms with Crippen LogP contribution in [-0.4, -0.2) is 44.1 Å². The lowest BCUT2D eigenvalue weighted by molar-refractivity contribution is 0.185. The van der Waals surface area contributed by atoms with Crippen molar-refractivity contribution in [2.75, 3.05) is 32.6 Å².